The second kappa shape index (κ2) is 11.8. The first-order valence-corrected chi connectivity index (χ1v) is 12.5. The Balaban J connectivity index is 1.51. The predicted molar refractivity (Wildman–Crippen MR) is 138 cm³/mol. The summed E-state index contributed by atoms with van der Waals surface area (Å²) in [6.45, 7) is -0.345. The molecule has 0 bridgehead atoms. The molecule has 0 saturated carbocycles. The van der Waals surface area contributed by atoms with Crippen molar-refractivity contribution in [3.63, 3.8) is 0 Å². The molecule has 1 atom stereocenters. The fourth-order valence-electron chi connectivity index (χ4n) is 4.36. The van der Waals surface area contributed by atoms with Crippen LogP contribution in [0, 0.1) is 0 Å². The zero-order valence-corrected chi connectivity index (χ0v) is 21.7. The molecule has 0 amide bonds. The molecule has 12 heteroatoms. The molecule has 4 rings (SSSR count). The molecule has 5 nitrogen and oxygen atoms in total. The van der Waals surface area contributed by atoms with E-state index in [0.29, 0.717) is 30.2 Å². The number of carbonyl (C=O) groups is 2. The third kappa shape index (κ3) is 7.29. The second-order valence-corrected chi connectivity index (χ2v) is 9.62. The Bertz CT molecular complexity index is 1350. The van der Waals surface area contributed by atoms with Gasteiger partial charge in [0.25, 0.3) is 0 Å². The van der Waals surface area contributed by atoms with Crippen molar-refractivity contribution in [1.29, 1.82) is 0 Å². The number of nitrogens with zero attached hydrogens (tertiary/aromatic N) is 1. The first-order chi connectivity index (χ1) is 18.8. The normalized spacial score (nSPS) is 15.1. The van der Waals surface area contributed by atoms with Crippen molar-refractivity contribution >= 4 is 29.2 Å². The maximum atomic E-state index is 13.2. The summed E-state index contributed by atoms with van der Waals surface area (Å²) in [7, 11) is 0. The molecule has 3 aromatic rings. The van der Waals surface area contributed by atoms with Crippen molar-refractivity contribution in [2.75, 3.05) is 18.1 Å². The minimum atomic E-state index is -5.05. The van der Waals surface area contributed by atoms with Gasteiger partial charge in [-0.1, -0.05) is 30.3 Å². The summed E-state index contributed by atoms with van der Waals surface area (Å²) in [6.07, 6.45) is -9.92. The highest BCUT2D eigenvalue weighted by atomic mass is 32.1. The third-order valence-corrected chi connectivity index (χ3v) is 6.50. The van der Waals surface area contributed by atoms with Crippen LogP contribution >= 0.6 is 12.6 Å². The Morgan fingerprint density at radius 1 is 0.850 bits per heavy atom. The Kier molecular flexibility index (Phi) is 8.67. The molecule has 1 heterocycles. The molecule has 0 aliphatic carbocycles. The van der Waals surface area contributed by atoms with Crippen molar-refractivity contribution in [3.05, 3.63) is 89.0 Å². The summed E-state index contributed by atoms with van der Waals surface area (Å²) in [4.78, 5) is 26.3. The number of thiol groups is 1. The molecule has 0 saturated heterocycles. The van der Waals surface area contributed by atoms with Gasteiger partial charge in [-0.05, 0) is 47.5 Å². The minimum absolute atomic E-state index is 0.00200. The van der Waals surface area contributed by atoms with Gasteiger partial charge < -0.3 is 14.4 Å². The minimum Gasteiger partial charge on any atom is -0.489 e. The number of anilines is 1. The van der Waals surface area contributed by atoms with E-state index in [1.165, 1.54) is 0 Å². The van der Waals surface area contributed by atoms with Crippen LogP contribution in [-0.2, 0) is 35.0 Å². The number of hydrogen-bond donors (Lipinski definition) is 1. The summed E-state index contributed by atoms with van der Waals surface area (Å²) in [6, 6.07) is 14.6. The molecule has 1 aliphatic rings. The number of Topliss-reactive ketones (excluding diaryl/α,β-unsaturated/α-hetero) is 1. The maximum Gasteiger partial charge on any atom is 0.416 e. The lowest BCUT2D eigenvalue weighted by atomic mass is 10.1. The number of ketones is 1. The Morgan fingerprint density at radius 2 is 1.50 bits per heavy atom. The molecule has 0 radical (unpaired) electrons. The van der Waals surface area contributed by atoms with Gasteiger partial charge in [0.1, 0.15) is 24.7 Å². The van der Waals surface area contributed by atoms with E-state index in [0.717, 1.165) is 11.1 Å². The average molecular weight is 584 g/mol. The summed E-state index contributed by atoms with van der Waals surface area (Å²) in [5.74, 6) is -0.777. The molecule has 0 aromatic heterocycles. The first kappa shape index (κ1) is 29.3. The lowest BCUT2D eigenvalue weighted by Crippen LogP contribution is -2.42. The Hall–Kier alpha value is -3.67. The van der Waals surface area contributed by atoms with E-state index in [4.69, 9.17) is 9.47 Å². The fraction of sp³-hybridized carbons (Fsp3) is 0.286. The second-order valence-electron chi connectivity index (χ2n) is 9.12. The van der Waals surface area contributed by atoms with Gasteiger partial charge in [0.15, 0.2) is 10.9 Å². The highest BCUT2D eigenvalue weighted by molar-refractivity contribution is 7.96. The van der Waals surface area contributed by atoms with Crippen molar-refractivity contribution in [1.82, 2.24) is 0 Å². The smallest absolute Gasteiger partial charge is 0.416 e. The molecule has 1 unspecified atom stereocenters. The quantitative estimate of drug-likeness (QED) is 0.217. The van der Waals surface area contributed by atoms with E-state index in [-0.39, 0.29) is 25.5 Å². The predicted octanol–water partition coefficient (Wildman–Crippen LogP) is 6.53. The molecule has 1 aliphatic heterocycles. The van der Waals surface area contributed by atoms with Crippen LogP contribution in [0.3, 0.4) is 0 Å². The number of rotatable bonds is 10. The van der Waals surface area contributed by atoms with Crippen LogP contribution in [-0.4, -0.2) is 30.1 Å². The molecular weight excluding hydrogens is 560 g/mol. The molecule has 0 N–H and O–H groups in total. The van der Waals surface area contributed by atoms with Crippen molar-refractivity contribution in [2.24, 2.45) is 0 Å². The lowest BCUT2D eigenvalue weighted by molar-refractivity contribution is -0.143. The number of fused-ring (bicyclic) bond motifs is 1. The van der Waals surface area contributed by atoms with Crippen LogP contribution in [0.1, 0.15) is 28.7 Å². The molecule has 0 spiro atoms. The average Bonchev–Trinajstić information content (AvgIpc) is 3.26. The molecular formula is C28H23F6NO4S. The van der Waals surface area contributed by atoms with E-state index in [9.17, 15) is 35.9 Å². The lowest BCUT2D eigenvalue weighted by Gasteiger charge is -2.26. The van der Waals surface area contributed by atoms with Crippen LogP contribution in [0.2, 0.25) is 0 Å². The van der Waals surface area contributed by atoms with E-state index in [2.05, 4.69) is 12.6 Å². The third-order valence-electron chi connectivity index (χ3n) is 6.28. The molecule has 3 aromatic carbocycles. The van der Waals surface area contributed by atoms with E-state index >= 15 is 0 Å². The van der Waals surface area contributed by atoms with Gasteiger partial charge in [-0.25, -0.2) is 0 Å². The van der Waals surface area contributed by atoms with Gasteiger partial charge in [-0.3, -0.25) is 9.59 Å². The van der Waals surface area contributed by atoms with Crippen LogP contribution in [0.5, 0.6) is 11.5 Å². The number of alkyl halides is 6. The van der Waals surface area contributed by atoms with Crippen LogP contribution in [0.4, 0.5) is 32.0 Å². The van der Waals surface area contributed by atoms with Gasteiger partial charge in [-0.15, -0.1) is 12.6 Å². The number of ether oxygens (including phenoxy) is 2. The van der Waals surface area contributed by atoms with Crippen LogP contribution in [0.15, 0.2) is 66.7 Å². The summed E-state index contributed by atoms with van der Waals surface area (Å²) in [5.41, 5.74) is -0.761. The SMILES string of the molecule is O=C(S)CCN1c2ccc(OCc3ccccc3)cc2CC1C(=O)COc1cc(C(F)(F)F)cc(C(F)(F)F)c1. The summed E-state index contributed by atoms with van der Waals surface area (Å²) < 4.78 is 90.1. The van der Waals surface area contributed by atoms with Gasteiger partial charge in [0, 0.05) is 25.1 Å². The summed E-state index contributed by atoms with van der Waals surface area (Å²) in [5, 5.41) is -0.414. The molecule has 0 fully saturated rings. The van der Waals surface area contributed by atoms with E-state index in [1.54, 1.807) is 23.1 Å². The maximum absolute atomic E-state index is 13.2. The van der Waals surface area contributed by atoms with E-state index in [1.807, 2.05) is 30.3 Å². The van der Waals surface area contributed by atoms with E-state index < -0.39 is 52.8 Å². The molecule has 40 heavy (non-hydrogen) atoms. The van der Waals surface area contributed by atoms with Crippen LogP contribution < -0.4 is 14.4 Å². The van der Waals surface area contributed by atoms with Crippen molar-refractivity contribution in [2.45, 2.75) is 37.8 Å². The highest BCUT2D eigenvalue weighted by Gasteiger charge is 2.38. The largest absolute Gasteiger partial charge is 0.489 e. The van der Waals surface area contributed by atoms with Gasteiger partial charge in [0.2, 0.25) is 0 Å². The Labute approximate surface area is 231 Å². The number of halogens is 6. The first-order valence-electron chi connectivity index (χ1n) is 12.0. The van der Waals surface area contributed by atoms with Gasteiger partial charge in [-0.2, -0.15) is 26.3 Å². The van der Waals surface area contributed by atoms with Crippen molar-refractivity contribution < 1.29 is 45.4 Å². The number of benzene rings is 3. The highest BCUT2D eigenvalue weighted by Crippen LogP contribution is 2.39. The zero-order valence-electron chi connectivity index (χ0n) is 20.8. The van der Waals surface area contributed by atoms with Crippen LogP contribution in [0.25, 0.3) is 0 Å². The standard InChI is InChI=1S/C28H23F6NO4S/c29-27(30,31)19-12-20(28(32,33)34)14-22(13-19)39-16-25(36)24-11-18-10-21(38-15-17-4-2-1-3-5-17)6-7-23(18)35(24)9-8-26(37)40/h1-7,10,12-14,24H,8-9,11,15-16H2,(H,37,40). The molecule has 212 valence electrons. The fourth-order valence-corrected chi connectivity index (χ4v) is 4.46. The monoisotopic (exact) mass is 583 g/mol. The number of hydrogen-bond acceptors (Lipinski definition) is 5. The Morgan fingerprint density at radius 3 is 2.10 bits per heavy atom. The zero-order chi connectivity index (χ0) is 29.1. The topological polar surface area (TPSA) is 55.8 Å². The van der Waals surface area contributed by atoms with Gasteiger partial charge in [0.05, 0.1) is 17.2 Å². The summed E-state index contributed by atoms with van der Waals surface area (Å²) >= 11 is 3.78. The van der Waals surface area contributed by atoms with Gasteiger partial charge >= 0.3 is 12.4 Å². The number of carbonyl (C=O) groups excluding carboxylic acids is 2. The van der Waals surface area contributed by atoms with Crippen molar-refractivity contribution in [3.8, 4) is 11.5 Å².